The second-order valence-corrected chi connectivity index (χ2v) is 3.77. The summed E-state index contributed by atoms with van der Waals surface area (Å²) in [5.74, 6) is 0.631. The van der Waals surface area contributed by atoms with Gasteiger partial charge < -0.3 is 5.32 Å². The smallest absolute Gasteiger partial charge is 0.0590 e. The minimum absolute atomic E-state index is 0.631. The normalized spacial score (nSPS) is 22.1. The summed E-state index contributed by atoms with van der Waals surface area (Å²) in [6.45, 7) is 6.81. The lowest BCUT2D eigenvalue weighted by Crippen LogP contribution is -2.29. The van der Waals surface area contributed by atoms with Crippen LogP contribution in [-0.4, -0.2) is 22.9 Å². The van der Waals surface area contributed by atoms with Crippen LogP contribution in [0.3, 0.4) is 0 Å². The fraction of sp³-hybridized carbons (Fsp3) is 0.545. The number of piperidine rings is 1. The third-order valence-corrected chi connectivity index (χ3v) is 2.77. The second kappa shape index (κ2) is 4.42. The fourth-order valence-corrected chi connectivity index (χ4v) is 2.07. The largest absolute Gasteiger partial charge is 0.316 e. The second-order valence-electron chi connectivity index (χ2n) is 3.77. The predicted molar refractivity (Wildman–Crippen MR) is 57.3 cm³/mol. The first-order chi connectivity index (χ1) is 6.92. The first kappa shape index (κ1) is 9.46. The van der Waals surface area contributed by atoms with Crippen molar-refractivity contribution in [3.8, 4) is 0 Å². The lowest BCUT2D eigenvalue weighted by molar-refractivity contribution is 0.437. The SMILES string of the molecule is C=CCn1nccc1C1CCCNC1. The van der Waals surface area contributed by atoms with E-state index in [2.05, 4.69) is 23.1 Å². The Hall–Kier alpha value is -1.09. The van der Waals surface area contributed by atoms with Crippen LogP contribution in [0.25, 0.3) is 0 Å². The molecule has 1 aliphatic rings. The Kier molecular flexibility index (Phi) is 2.99. The molecule has 1 aromatic rings. The maximum atomic E-state index is 4.30. The number of rotatable bonds is 3. The molecule has 14 heavy (non-hydrogen) atoms. The monoisotopic (exact) mass is 191 g/mol. The van der Waals surface area contributed by atoms with Crippen LogP contribution in [0, 0.1) is 0 Å². The highest BCUT2D eigenvalue weighted by Gasteiger charge is 2.18. The quantitative estimate of drug-likeness (QED) is 0.734. The van der Waals surface area contributed by atoms with Gasteiger partial charge in [0, 0.05) is 24.4 Å². The first-order valence-corrected chi connectivity index (χ1v) is 5.25. The Morgan fingerprint density at radius 3 is 3.36 bits per heavy atom. The molecule has 1 fully saturated rings. The summed E-state index contributed by atoms with van der Waals surface area (Å²) in [5, 5.41) is 7.72. The van der Waals surface area contributed by atoms with Crippen molar-refractivity contribution in [2.75, 3.05) is 13.1 Å². The summed E-state index contributed by atoms with van der Waals surface area (Å²) >= 11 is 0. The van der Waals surface area contributed by atoms with Gasteiger partial charge in [0.1, 0.15) is 0 Å². The average Bonchev–Trinajstić information content (AvgIpc) is 2.68. The Morgan fingerprint density at radius 1 is 1.71 bits per heavy atom. The van der Waals surface area contributed by atoms with Crippen LogP contribution in [0.5, 0.6) is 0 Å². The van der Waals surface area contributed by atoms with Crippen molar-refractivity contribution in [2.45, 2.75) is 25.3 Å². The summed E-state index contributed by atoms with van der Waals surface area (Å²) in [5.41, 5.74) is 1.34. The number of hydrogen-bond donors (Lipinski definition) is 1. The third-order valence-electron chi connectivity index (χ3n) is 2.77. The number of nitrogens with one attached hydrogen (secondary N) is 1. The van der Waals surface area contributed by atoms with Gasteiger partial charge in [0.2, 0.25) is 0 Å². The van der Waals surface area contributed by atoms with Gasteiger partial charge in [0.05, 0.1) is 6.54 Å². The molecule has 76 valence electrons. The van der Waals surface area contributed by atoms with E-state index in [0.29, 0.717) is 5.92 Å². The third kappa shape index (κ3) is 1.87. The Balaban J connectivity index is 2.12. The van der Waals surface area contributed by atoms with Gasteiger partial charge in [-0.05, 0) is 25.5 Å². The van der Waals surface area contributed by atoms with Crippen molar-refractivity contribution in [2.24, 2.45) is 0 Å². The van der Waals surface area contributed by atoms with Crippen molar-refractivity contribution in [1.29, 1.82) is 0 Å². The van der Waals surface area contributed by atoms with Crippen molar-refractivity contribution in [3.05, 3.63) is 30.6 Å². The van der Waals surface area contributed by atoms with E-state index in [1.807, 2.05) is 17.0 Å². The van der Waals surface area contributed by atoms with E-state index in [9.17, 15) is 0 Å². The van der Waals surface area contributed by atoms with Crippen LogP contribution in [-0.2, 0) is 6.54 Å². The molecule has 0 bridgehead atoms. The molecule has 3 nitrogen and oxygen atoms in total. The Bertz CT molecular complexity index is 297. The maximum Gasteiger partial charge on any atom is 0.0590 e. The molecule has 0 amide bonds. The molecule has 2 rings (SSSR count). The number of nitrogens with zero attached hydrogens (tertiary/aromatic N) is 2. The van der Waals surface area contributed by atoms with E-state index in [-0.39, 0.29) is 0 Å². The standard InChI is InChI=1S/C11H17N3/c1-2-8-14-11(5-7-13-14)10-4-3-6-12-9-10/h2,5,7,10,12H,1,3-4,6,8-9H2. The summed E-state index contributed by atoms with van der Waals surface area (Å²) in [4.78, 5) is 0. The molecular formula is C11H17N3. The Labute approximate surface area is 84.8 Å². The van der Waals surface area contributed by atoms with Gasteiger partial charge in [-0.2, -0.15) is 5.10 Å². The average molecular weight is 191 g/mol. The minimum Gasteiger partial charge on any atom is -0.316 e. The zero-order valence-electron chi connectivity index (χ0n) is 8.45. The van der Waals surface area contributed by atoms with Crippen LogP contribution in [0.4, 0.5) is 0 Å². The topological polar surface area (TPSA) is 29.9 Å². The number of allylic oxidation sites excluding steroid dienone is 1. The molecule has 0 spiro atoms. The van der Waals surface area contributed by atoms with Crippen LogP contribution in [0.1, 0.15) is 24.5 Å². The molecule has 0 saturated carbocycles. The molecule has 1 aromatic heterocycles. The minimum atomic E-state index is 0.631. The van der Waals surface area contributed by atoms with Crippen LogP contribution in [0.2, 0.25) is 0 Å². The van der Waals surface area contributed by atoms with E-state index in [4.69, 9.17) is 0 Å². The molecule has 3 heteroatoms. The van der Waals surface area contributed by atoms with Crippen LogP contribution >= 0.6 is 0 Å². The summed E-state index contributed by atoms with van der Waals surface area (Å²) in [6, 6.07) is 2.13. The molecule has 1 N–H and O–H groups in total. The van der Waals surface area contributed by atoms with E-state index in [1.165, 1.54) is 18.5 Å². The lowest BCUT2D eigenvalue weighted by atomic mass is 9.96. The molecule has 0 aromatic carbocycles. The summed E-state index contributed by atoms with van der Waals surface area (Å²) in [6.07, 6.45) is 6.32. The van der Waals surface area contributed by atoms with Crippen molar-refractivity contribution < 1.29 is 0 Å². The molecule has 2 heterocycles. The van der Waals surface area contributed by atoms with E-state index in [1.54, 1.807) is 0 Å². The molecule has 1 atom stereocenters. The fourth-order valence-electron chi connectivity index (χ4n) is 2.07. The van der Waals surface area contributed by atoms with Crippen molar-refractivity contribution in [3.63, 3.8) is 0 Å². The van der Waals surface area contributed by atoms with Gasteiger partial charge in [-0.1, -0.05) is 6.08 Å². The molecule has 1 aliphatic heterocycles. The van der Waals surface area contributed by atoms with E-state index < -0.39 is 0 Å². The molecule has 0 aliphatic carbocycles. The van der Waals surface area contributed by atoms with Crippen LogP contribution < -0.4 is 5.32 Å². The zero-order valence-corrected chi connectivity index (χ0v) is 8.45. The zero-order chi connectivity index (χ0) is 9.80. The van der Waals surface area contributed by atoms with Crippen LogP contribution in [0.15, 0.2) is 24.9 Å². The van der Waals surface area contributed by atoms with Gasteiger partial charge in [-0.15, -0.1) is 6.58 Å². The van der Waals surface area contributed by atoms with Crippen molar-refractivity contribution >= 4 is 0 Å². The molecule has 1 saturated heterocycles. The summed E-state index contributed by atoms with van der Waals surface area (Å²) < 4.78 is 2.05. The summed E-state index contributed by atoms with van der Waals surface area (Å²) in [7, 11) is 0. The first-order valence-electron chi connectivity index (χ1n) is 5.25. The predicted octanol–water partition coefficient (Wildman–Crippen LogP) is 1.54. The van der Waals surface area contributed by atoms with E-state index >= 15 is 0 Å². The highest BCUT2D eigenvalue weighted by molar-refractivity contribution is 5.10. The highest BCUT2D eigenvalue weighted by Crippen LogP contribution is 2.22. The van der Waals surface area contributed by atoms with Crippen molar-refractivity contribution in [1.82, 2.24) is 15.1 Å². The maximum absolute atomic E-state index is 4.30. The molecular weight excluding hydrogens is 174 g/mol. The van der Waals surface area contributed by atoms with Gasteiger partial charge in [-0.25, -0.2) is 0 Å². The molecule has 1 unspecified atom stereocenters. The number of hydrogen-bond acceptors (Lipinski definition) is 2. The lowest BCUT2D eigenvalue weighted by Gasteiger charge is -2.23. The number of aromatic nitrogens is 2. The molecule has 0 radical (unpaired) electrons. The van der Waals surface area contributed by atoms with Gasteiger partial charge in [0.15, 0.2) is 0 Å². The van der Waals surface area contributed by atoms with Gasteiger partial charge >= 0.3 is 0 Å². The highest BCUT2D eigenvalue weighted by atomic mass is 15.3. The Morgan fingerprint density at radius 2 is 2.64 bits per heavy atom. The van der Waals surface area contributed by atoms with Gasteiger partial charge in [0.25, 0.3) is 0 Å². The van der Waals surface area contributed by atoms with E-state index in [0.717, 1.165) is 19.6 Å². The van der Waals surface area contributed by atoms with Gasteiger partial charge in [-0.3, -0.25) is 4.68 Å².